The molecule has 0 bridgehead atoms. The van der Waals surface area contributed by atoms with Gasteiger partial charge in [-0.05, 0) is 29.8 Å². The quantitative estimate of drug-likeness (QED) is 0.635. The van der Waals surface area contributed by atoms with Crippen molar-refractivity contribution in [1.29, 1.82) is 0 Å². The molecule has 0 aliphatic rings. The fourth-order valence-electron chi connectivity index (χ4n) is 2.57. The van der Waals surface area contributed by atoms with Crippen LogP contribution in [-0.2, 0) is 27.3 Å². The van der Waals surface area contributed by atoms with Crippen LogP contribution in [-0.4, -0.2) is 24.0 Å². The van der Waals surface area contributed by atoms with E-state index in [2.05, 4.69) is 9.72 Å². The topological polar surface area (TPSA) is 65.5 Å². The molecule has 0 aliphatic carbocycles. The molecule has 0 amide bonds. The standard InChI is InChI=1S/C21H19NO4/c1-25-21(24)17-8-6-15(7-9-17)14-26-20(23)13-12-18-11-10-16-4-2-3-5-19(16)22-18/h2-11H,12-14H2,1H3. The zero-order chi connectivity index (χ0) is 18.4. The monoisotopic (exact) mass is 349 g/mol. The Hall–Kier alpha value is -3.21. The van der Waals surface area contributed by atoms with Gasteiger partial charge in [0.05, 0.1) is 24.6 Å². The number of nitrogens with zero attached hydrogens (tertiary/aromatic N) is 1. The van der Waals surface area contributed by atoms with Crippen LogP contribution in [0.5, 0.6) is 0 Å². The van der Waals surface area contributed by atoms with Crippen LogP contribution in [0.2, 0.25) is 0 Å². The summed E-state index contributed by atoms with van der Waals surface area (Å²) in [5.41, 5.74) is 3.06. The summed E-state index contributed by atoms with van der Waals surface area (Å²) in [5, 5.41) is 1.08. The minimum atomic E-state index is -0.392. The second-order valence-electron chi connectivity index (χ2n) is 5.84. The Balaban J connectivity index is 1.50. The predicted octanol–water partition coefficient (Wildman–Crippen LogP) is 3.70. The molecule has 0 atom stereocenters. The molecular weight excluding hydrogens is 330 g/mol. The largest absolute Gasteiger partial charge is 0.465 e. The Morgan fingerprint density at radius 2 is 1.73 bits per heavy atom. The highest BCUT2D eigenvalue weighted by molar-refractivity contribution is 5.89. The van der Waals surface area contributed by atoms with Crippen molar-refractivity contribution in [3.8, 4) is 0 Å². The van der Waals surface area contributed by atoms with E-state index in [1.165, 1.54) is 7.11 Å². The molecule has 3 rings (SSSR count). The van der Waals surface area contributed by atoms with E-state index in [4.69, 9.17) is 4.74 Å². The van der Waals surface area contributed by atoms with Crippen molar-refractivity contribution in [3.05, 3.63) is 77.5 Å². The average Bonchev–Trinajstić information content (AvgIpc) is 2.70. The van der Waals surface area contributed by atoms with Crippen LogP contribution in [0.1, 0.15) is 28.0 Å². The third kappa shape index (κ3) is 4.45. The Morgan fingerprint density at radius 3 is 2.50 bits per heavy atom. The van der Waals surface area contributed by atoms with Gasteiger partial charge in [-0.15, -0.1) is 0 Å². The van der Waals surface area contributed by atoms with Crippen LogP contribution in [0.15, 0.2) is 60.7 Å². The Labute approximate surface area is 151 Å². The van der Waals surface area contributed by atoms with Crippen LogP contribution in [0.4, 0.5) is 0 Å². The molecule has 0 aliphatic heterocycles. The summed E-state index contributed by atoms with van der Waals surface area (Å²) in [6.45, 7) is 0.172. The molecule has 3 aromatic rings. The summed E-state index contributed by atoms with van der Waals surface area (Å²) >= 11 is 0. The number of ether oxygens (including phenoxy) is 2. The Morgan fingerprint density at radius 1 is 0.962 bits per heavy atom. The van der Waals surface area contributed by atoms with Crippen LogP contribution in [0.25, 0.3) is 10.9 Å². The first-order valence-electron chi connectivity index (χ1n) is 8.33. The summed E-state index contributed by atoms with van der Waals surface area (Å²) < 4.78 is 9.93. The lowest BCUT2D eigenvalue weighted by molar-refractivity contribution is -0.144. The molecule has 26 heavy (non-hydrogen) atoms. The highest BCUT2D eigenvalue weighted by Gasteiger charge is 2.08. The van der Waals surface area contributed by atoms with E-state index in [1.807, 2.05) is 36.4 Å². The number of fused-ring (bicyclic) bond motifs is 1. The van der Waals surface area contributed by atoms with Crippen molar-refractivity contribution in [3.63, 3.8) is 0 Å². The highest BCUT2D eigenvalue weighted by Crippen LogP contribution is 2.13. The molecule has 0 radical (unpaired) electrons. The van der Waals surface area contributed by atoms with Crippen molar-refractivity contribution in [2.24, 2.45) is 0 Å². The maximum atomic E-state index is 12.0. The minimum Gasteiger partial charge on any atom is -0.465 e. The van der Waals surface area contributed by atoms with Gasteiger partial charge in [-0.3, -0.25) is 9.78 Å². The molecular formula is C21H19NO4. The fourth-order valence-corrected chi connectivity index (χ4v) is 2.57. The van der Waals surface area contributed by atoms with E-state index in [1.54, 1.807) is 24.3 Å². The number of pyridine rings is 1. The molecule has 0 N–H and O–H groups in total. The number of esters is 2. The number of para-hydroxylation sites is 1. The Kier molecular flexibility index (Phi) is 5.59. The van der Waals surface area contributed by atoms with Crippen LogP contribution < -0.4 is 0 Å². The third-order valence-electron chi connectivity index (χ3n) is 4.02. The summed E-state index contributed by atoms with van der Waals surface area (Å²) in [6, 6.07) is 18.6. The van der Waals surface area contributed by atoms with Gasteiger partial charge in [0, 0.05) is 17.5 Å². The zero-order valence-electron chi connectivity index (χ0n) is 14.5. The molecule has 0 saturated heterocycles. The number of hydrogen-bond acceptors (Lipinski definition) is 5. The molecule has 1 heterocycles. The number of carbonyl (C=O) groups is 2. The van der Waals surface area contributed by atoms with Gasteiger partial charge < -0.3 is 9.47 Å². The minimum absolute atomic E-state index is 0.172. The second-order valence-corrected chi connectivity index (χ2v) is 5.84. The number of hydrogen-bond donors (Lipinski definition) is 0. The highest BCUT2D eigenvalue weighted by atomic mass is 16.5. The van der Waals surface area contributed by atoms with Crippen LogP contribution in [0.3, 0.4) is 0 Å². The SMILES string of the molecule is COC(=O)c1ccc(COC(=O)CCc2ccc3ccccc3n2)cc1. The summed E-state index contributed by atoms with van der Waals surface area (Å²) in [7, 11) is 1.34. The number of benzene rings is 2. The van der Waals surface area contributed by atoms with Gasteiger partial charge in [0.15, 0.2) is 0 Å². The summed E-state index contributed by atoms with van der Waals surface area (Å²) in [4.78, 5) is 27.9. The molecule has 0 spiro atoms. The lowest BCUT2D eigenvalue weighted by Crippen LogP contribution is -2.07. The molecule has 0 unspecified atom stereocenters. The number of rotatable bonds is 6. The molecule has 1 aromatic heterocycles. The second kappa shape index (κ2) is 8.25. The Bertz CT molecular complexity index is 919. The molecule has 5 nitrogen and oxygen atoms in total. The van der Waals surface area contributed by atoms with Gasteiger partial charge in [0.2, 0.25) is 0 Å². The molecule has 0 saturated carbocycles. The van der Waals surface area contributed by atoms with E-state index in [0.717, 1.165) is 22.2 Å². The van der Waals surface area contributed by atoms with E-state index in [0.29, 0.717) is 12.0 Å². The first-order valence-corrected chi connectivity index (χ1v) is 8.33. The summed E-state index contributed by atoms with van der Waals surface area (Å²) in [6.07, 6.45) is 0.802. The van der Waals surface area contributed by atoms with Crippen molar-refractivity contribution in [1.82, 2.24) is 4.98 Å². The van der Waals surface area contributed by atoms with E-state index >= 15 is 0 Å². The number of aryl methyl sites for hydroxylation is 1. The third-order valence-corrected chi connectivity index (χ3v) is 4.02. The first kappa shape index (κ1) is 17.6. The molecule has 132 valence electrons. The zero-order valence-corrected chi connectivity index (χ0v) is 14.5. The maximum absolute atomic E-state index is 12.0. The summed E-state index contributed by atoms with van der Waals surface area (Å²) in [5.74, 6) is -0.673. The lowest BCUT2D eigenvalue weighted by atomic mass is 10.1. The van der Waals surface area contributed by atoms with Crippen LogP contribution in [0, 0.1) is 0 Å². The predicted molar refractivity (Wildman–Crippen MR) is 97.6 cm³/mol. The average molecular weight is 349 g/mol. The van der Waals surface area contributed by atoms with Gasteiger partial charge in [0.1, 0.15) is 6.61 Å². The fraction of sp³-hybridized carbons (Fsp3) is 0.190. The van der Waals surface area contributed by atoms with Crippen molar-refractivity contribution in [2.45, 2.75) is 19.4 Å². The number of carbonyl (C=O) groups excluding carboxylic acids is 2. The van der Waals surface area contributed by atoms with Gasteiger partial charge in [0.25, 0.3) is 0 Å². The van der Waals surface area contributed by atoms with Crippen molar-refractivity contribution < 1.29 is 19.1 Å². The number of aromatic nitrogens is 1. The number of methoxy groups -OCH3 is 1. The van der Waals surface area contributed by atoms with Crippen LogP contribution >= 0.6 is 0 Å². The first-order chi connectivity index (χ1) is 12.7. The van der Waals surface area contributed by atoms with E-state index in [-0.39, 0.29) is 19.0 Å². The maximum Gasteiger partial charge on any atom is 0.337 e. The normalized spacial score (nSPS) is 10.5. The lowest BCUT2D eigenvalue weighted by Gasteiger charge is -2.06. The van der Waals surface area contributed by atoms with Crippen molar-refractivity contribution >= 4 is 22.8 Å². The van der Waals surface area contributed by atoms with Gasteiger partial charge in [-0.2, -0.15) is 0 Å². The smallest absolute Gasteiger partial charge is 0.337 e. The van der Waals surface area contributed by atoms with Gasteiger partial charge >= 0.3 is 11.9 Å². The van der Waals surface area contributed by atoms with Gasteiger partial charge in [-0.1, -0.05) is 36.4 Å². The van der Waals surface area contributed by atoms with E-state index in [9.17, 15) is 9.59 Å². The van der Waals surface area contributed by atoms with Crippen molar-refractivity contribution in [2.75, 3.05) is 7.11 Å². The van der Waals surface area contributed by atoms with E-state index < -0.39 is 5.97 Å². The molecule has 5 heteroatoms. The molecule has 2 aromatic carbocycles. The molecule has 0 fully saturated rings. The van der Waals surface area contributed by atoms with Gasteiger partial charge in [-0.25, -0.2) is 4.79 Å².